The zero-order valence-electron chi connectivity index (χ0n) is 26.1. The van der Waals surface area contributed by atoms with Crippen molar-refractivity contribution in [1.82, 2.24) is 14.7 Å². The molecule has 1 aromatic heterocycles. The second-order valence-corrected chi connectivity index (χ2v) is 12.2. The van der Waals surface area contributed by atoms with Crippen LogP contribution < -0.4 is 5.32 Å². The van der Waals surface area contributed by atoms with Gasteiger partial charge in [-0.25, -0.2) is 9.07 Å². The van der Waals surface area contributed by atoms with E-state index in [2.05, 4.69) is 53.7 Å². The summed E-state index contributed by atoms with van der Waals surface area (Å²) in [4.78, 5) is 27.3. The zero-order chi connectivity index (χ0) is 32.4. The number of benzene rings is 5. The molecule has 47 heavy (non-hydrogen) atoms. The van der Waals surface area contributed by atoms with Crippen LogP contribution in [-0.4, -0.2) is 47.0 Å². The van der Waals surface area contributed by atoms with Gasteiger partial charge in [0.15, 0.2) is 5.82 Å². The molecular formula is C40H35FN4O2. The summed E-state index contributed by atoms with van der Waals surface area (Å²) >= 11 is 0. The fourth-order valence-electron chi connectivity index (χ4n) is 6.87. The van der Waals surface area contributed by atoms with Crippen LogP contribution in [0, 0.1) is 11.7 Å². The summed E-state index contributed by atoms with van der Waals surface area (Å²) in [5.74, 6) is -0.278. The average Bonchev–Trinajstić information content (AvgIpc) is 3.47. The number of anilines is 1. The monoisotopic (exact) mass is 622 g/mol. The van der Waals surface area contributed by atoms with Gasteiger partial charge in [-0.05, 0) is 73.4 Å². The third kappa shape index (κ3) is 5.53. The van der Waals surface area contributed by atoms with E-state index in [-0.39, 0.29) is 17.4 Å². The van der Waals surface area contributed by atoms with Crippen LogP contribution in [0.3, 0.4) is 0 Å². The molecule has 0 spiro atoms. The lowest BCUT2D eigenvalue weighted by Gasteiger charge is -2.37. The van der Waals surface area contributed by atoms with E-state index in [0.717, 1.165) is 48.1 Å². The lowest BCUT2D eigenvalue weighted by atomic mass is 9.77. The number of halogens is 1. The molecule has 7 rings (SSSR count). The highest BCUT2D eigenvalue weighted by Gasteiger charge is 2.41. The molecule has 1 aliphatic heterocycles. The van der Waals surface area contributed by atoms with Gasteiger partial charge in [0, 0.05) is 22.4 Å². The van der Waals surface area contributed by atoms with Crippen molar-refractivity contribution in [3.8, 4) is 11.1 Å². The molecule has 0 unspecified atom stereocenters. The molecule has 2 heterocycles. The van der Waals surface area contributed by atoms with Crippen LogP contribution in [0.15, 0.2) is 127 Å². The SMILES string of the molecule is CN1CCC(C(=O)Nc2nn(C(c3ccccc3)(c3ccccc3)c3ccccc3)c3ccc(-c4ccc(C=O)cc4F)cc23)CC1. The summed E-state index contributed by atoms with van der Waals surface area (Å²) in [6.07, 6.45) is 2.16. The molecule has 7 heteroatoms. The Labute approximate surface area is 273 Å². The van der Waals surface area contributed by atoms with Gasteiger partial charge >= 0.3 is 0 Å². The van der Waals surface area contributed by atoms with E-state index in [1.165, 1.54) is 6.07 Å². The number of nitrogens with one attached hydrogen (secondary N) is 1. The number of hydrogen-bond donors (Lipinski definition) is 1. The van der Waals surface area contributed by atoms with Gasteiger partial charge in [-0.3, -0.25) is 9.59 Å². The Morgan fingerprint density at radius 2 is 1.38 bits per heavy atom. The Balaban J connectivity index is 1.50. The van der Waals surface area contributed by atoms with Gasteiger partial charge < -0.3 is 10.2 Å². The van der Waals surface area contributed by atoms with E-state index in [1.54, 1.807) is 12.1 Å². The lowest BCUT2D eigenvalue weighted by Crippen LogP contribution is -2.39. The molecule has 1 N–H and O–H groups in total. The van der Waals surface area contributed by atoms with E-state index >= 15 is 4.39 Å². The van der Waals surface area contributed by atoms with Crippen LogP contribution in [0.2, 0.25) is 0 Å². The number of likely N-dealkylation sites (tertiary alicyclic amines) is 1. The third-order valence-electron chi connectivity index (χ3n) is 9.34. The fourth-order valence-corrected chi connectivity index (χ4v) is 6.87. The van der Waals surface area contributed by atoms with Gasteiger partial charge in [-0.1, -0.05) is 109 Å². The molecule has 1 fully saturated rings. The van der Waals surface area contributed by atoms with E-state index < -0.39 is 11.4 Å². The second-order valence-electron chi connectivity index (χ2n) is 12.2. The minimum Gasteiger partial charge on any atom is -0.308 e. The maximum absolute atomic E-state index is 15.3. The predicted molar refractivity (Wildman–Crippen MR) is 184 cm³/mol. The number of amides is 1. The molecule has 5 aromatic carbocycles. The molecule has 0 atom stereocenters. The fraction of sp³-hybridized carbons (Fsp3) is 0.175. The largest absolute Gasteiger partial charge is 0.308 e. The average molecular weight is 623 g/mol. The molecular weight excluding hydrogens is 587 g/mol. The van der Waals surface area contributed by atoms with Gasteiger partial charge in [0.2, 0.25) is 5.91 Å². The highest BCUT2D eigenvalue weighted by molar-refractivity contribution is 6.02. The van der Waals surface area contributed by atoms with Gasteiger partial charge in [-0.15, -0.1) is 0 Å². The number of hydrogen-bond acceptors (Lipinski definition) is 4. The zero-order valence-corrected chi connectivity index (χ0v) is 26.1. The summed E-state index contributed by atoms with van der Waals surface area (Å²) < 4.78 is 17.3. The summed E-state index contributed by atoms with van der Waals surface area (Å²) in [5, 5.41) is 9.15. The quantitative estimate of drug-likeness (QED) is 0.139. The molecule has 1 aliphatic rings. The second kappa shape index (κ2) is 12.8. The molecule has 0 aliphatic carbocycles. The first kappa shape index (κ1) is 30.3. The minimum absolute atomic E-state index is 0.0682. The summed E-state index contributed by atoms with van der Waals surface area (Å²) in [6, 6.07) is 40.9. The van der Waals surface area contributed by atoms with Crippen molar-refractivity contribution >= 4 is 28.9 Å². The number of carbonyl (C=O) groups excluding carboxylic acids is 2. The van der Waals surface area contributed by atoms with Crippen molar-refractivity contribution in [2.45, 2.75) is 18.4 Å². The third-order valence-corrected chi connectivity index (χ3v) is 9.34. The molecule has 0 radical (unpaired) electrons. The number of aldehydes is 1. The maximum Gasteiger partial charge on any atom is 0.228 e. The van der Waals surface area contributed by atoms with Crippen molar-refractivity contribution < 1.29 is 14.0 Å². The Hall–Kier alpha value is -5.40. The van der Waals surface area contributed by atoms with Crippen LogP contribution >= 0.6 is 0 Å². The van der Waals surface area contributed by atoms with E-state index in [9.17, 15) is 9.59 Å². The van der Waals surface area contributed by atoms with Gasteiger partial charge in [-0.2, -0.15) is 5.10 Å². The Morgan fingerprint density at radius 1 is 0.809 bits per heavy atom. The van der Waals surface area contributed by atoms with Crippen LogP contribution in [0.25, 0.3) is 22.0 Å². The summed E-state index contributed by atoms with van der Waals surface area (Å²) in [5.41, 5.74) is 4.08. The van der Waals surface area contributed by atoms with Gasteiger partial charge in [0.25, 0.3) is 0 Å². The Morgan fingerprint density at radius 3 is 1.91 bits per heavy atom. The number of aromatic nitrogens is 2. The number of rotatable bonds is 8. The molecule has 0 saturated carbocycles. The van der Waals surface area contributed by atoms with Gasteiger partial charge in [0.1, 0.15) is 17.6 Å². The topological polar surface area (TPSA) is 67.2 Å². The van der Waals surface area contributed by atoms with Crippen molar-refractivity contribution in [2.24, 2.45) is 5.92 Å². The van der Waals surface area contributed by atoms with Crippen LogP contribution in [0.1, 0.15) is 39.9 Å². The molecule has 6 aromatic rings. The highest BCUT2D eigenvalue weighted by Crippen LogP contribution is 2.44. The first-order valence-corrected chi connectivity index (χ1v) is 15.9. The first-order valence-electron chi connectivity index (χ1n) is 15.9. The normalized spacial score (nSPS) is 14.3. The molecule has 1 amide bonds. The molecule has 234 valence electrons. The van der Waals surface area contributed by atoms with E-state index in [1.807, 2.05) is 77.5 Å². The van der Waals surface area contributed by atoms with Crippen LogP contribution in [0.4, 0.5) is 10.2 Å². The molecule has 6 nitrogen and oxygen atoms in total. The first-order chi connectivity index (χ1) is 23.0. The smallest absolute Gasteiger partial charge is 0.228 e. The van der Waals surface area contributed by atoms with Crippen LogP contribution in [-0.2, 0) is 10.3 Å². The van der Waals surface area contributed by atoms with Gasteiger partial charge in [0.05, 0.1) is 5.52 Å². The number of carbonyl (C=O) groups is 2. The minimum atomic E-state index is -0.920. The summed E-state index contributed by atoms with van der Waals surface area (Å²) in [6.45, 7) is 1.71. The number of nitrogens with zero attached hydrogens (tertiary/aromatic N) is 3. The number of piperidine rings is 1. The van der Waals surface area contributed by atoms with E-state index in [4.69, 9.17) is 5.10 Å². The standard InChI is InChI=1S/C40H35FN4O2/c1-44-23-21-29(22-24-44)39(47)42-38-35-26-30(34-19-17-28(27-46)25-36(34)41)18-20-37(35)45(43-38)40(31-11-5-2-6-12-31,32-13-7-3-8-14-32)33-15-9-4-10-16-33/h2-20,25-27,29H,21-24H2,1H3,(H,42,43,47). The van der Waals surface area contributed by atoms with Crippen molar-refractivity contribution in [2.75, 3.05) is 25.5 Å². The predicted octanol–water partition coefficient (Wildman–Crippen LogP) is 7.78. The van der Waals surface area contributed by atoms with E-state index in [0.29, 0.717) is 28.6 Å². The number of fused-ring (bicyclic) bond motifs is 1. The van der Waals surface area contributed by atoms with Crippen molar-refractivity contribution in [3.63, 3.8) is 0 Å². The highest BCUT2D eigenvalue weighted by atomic mass is 19.1. The summed E-state index contributed by atoms with van der Waals surface area (Å²) in [7, 11) is 2.07. The Kier molecular flexibility index (Phi) is 8.23. The van der Waals surface area contributed by atoms with Crippen LogP contribution in [0.5, 0.6) is 0 Å². The Bertz CT molecular complexity index is 1940. The molecule has 1 saturated heterocycles. The molecule has 0 bridgehead atoms. The lowest BCUT2D eigenvalue weighted by molar-refractivity contribution is -0.121. The van der Waals surface area contributed by atoms with Crippen molar-refractivity contribution in [1.29, 1.82) is 0 Å². The van der Waals surface area contributed by atoms with Crippen molar-refractivity contribution in [3.05, 3.63) is 155 Å². The maximum atomic E-state index is 15.3.